The second-order valence-corrected chi connectivity index (χ2v) is 7.59. The minimum atomic E-state index is -4.32. The summed E-state index contributed by atoms with van der Waals surface area (Å²) in [7, 11) is -4.32. The number of hydrogen-bond donors (Lipinski definition) is 5. The molecule has 10 heteroatoms. The van der Waals surface area contributed by atoms with Gasteiger partial charge >= 0.3 is 11.9 Å². The third kappa shape index (κ3) is 4.34. The SMILES string of the molecule is NC1(C(=O)O)CCCC1NC(Cc1ccc(S(=O)(=O)O)cc1)C(=O)O. The highest BCUT2D eigenvalue weighted by molar-refractivity contribution is 7.85. The first-order valence-corrected chi connectivity index (χ1v) is 9.05. The van der Waals surface area contributed by atoms with E-state index in [9.17, 15) is 28.2 Å². The number of carbonyl (C=O) groups is 2. The van der Waals surface area contributed by atoms with Crippen LogP contribution in [-0.2, 0) is 26.1 Å². The molecule has 1 aromatic rings. The van der Waals surface area contributed by atoms with Crippen LogP contribution in [0, 0.1) is 0 Å². The molecule has 0 aliphatic heterocycles. The Bertz CT molecular complexity index is 763. The fraction of sp³-hybridized carbons (Fsp3) is 0.467. The summed E-state index contributed by atoms with van der Waals surface area (Å²) in [6, 6.07) is 3.36. The lowest BCUT2D eigenvalue weighted by atomic mass is 9.93. The van der Waals surface area contributed by atoms with Crippen molar-refractivity contribution in [1.29, 1.82) is 0 Å². The molecule has 0 spiro atoms. The van der Waals surface area contributed by atoms with Crippen molar-refractivity contribution in [3.8, 4) is 0 Å². The third-order valence-electron chi connectivity index (χ3n) is 4.46. The van der Waals surface area contributed by atoms with Gasteiger partial charge in [0.1, 0.15) is 11.6 Å². The number of nitrogens with one attached hydrogen (secondary N) is 1. The predicted molar refractivity (Wildman–Crippen MR) is 86.7 cm³/mol. The van der Waals surface area contributed by atoms with E-state index in [2.05, 4.69) is 5.32 Å². The number of carboxylic acid groups (broad SMARTS) is 2. The van der Waals surface area contributed by atoms with Gasteiger partial charge in [-0.2, -0.15) is 8.42 Å². The van der Waals surface area contributed by atoms with Crippen molar-refractivity contribution in [2.24, 2.45) is 5.73 Å². The van der Waals surface area contributed by atoms with Crippen LogP contribution in [-0.4, -0.2) is 52.7 Å². The zero-order valence-electron chi connectivity index (χ0n) is 13.3. The van der Waals surface area contributed by atoms with Gasteiger partial charge in [-0.05, 0) is 43.4 Å². The highest BCUT2D eigenvalue weighted by Gasteiger charge is 2.47. The van der Waals surface area contributed by atoms with E-state index in [0.717, 1.165) is 0 Å². The van der Waals surface area contributed by atoms with Gasteiger partial charge in [-0.15, -0.1) is 0 Å². The summed E-state index contributed by atoms with van der Waals surface area (Å²) in [5, 5.41) is 21.5. The number of nitrogens with two attached hydrogens (primary N) is 1. The first-order valence-electron chi connectivity index (χ1n) is 7.61. The van der Waals surface area contributed by atoms with Crippen molar-refractivity contribution in [2.45, 2.75) is 48.2 Å². The van der Waals surface area contributed by atoms with E-state index < -0.39 is 39.7 Å². The molecule has 25 heavy (non-hydrogen) atoms. The molecule has 0 heterocycles. The summed E-state index contributed by atoms with van der Waals surface area (Å²) in [6.45, 7) is 0. The lowest BCUT2D eigenvalue weighted by molar-refractivity contribution is -0.145. The molecule has 0 aromatic heterocycles. The van der Waals surface area contributed by atoms with E-state index in [-0.39, 0.29) is 17.7 Å². The molecule has 0 bridgehead atoms. The Morgan fingerprint density at radius 2 is 1.88 bits per heavy atom. The van der Waals surface area contributed by atoms with E-state index in [0.29, 0.717) is 18.4 Å². The summed E-state index contributed by atoms with van der Waals surface area (Å²) in [5.74, 6) is -2.34. The van der Waals surface area contributed by atoms with Crippen molar-refractivity contribution in [3.05, 3.63) is 29.8 Å². The molecular formula is C15H20N2O7S. The van der Waals surface area contributed by atoms with Gasteiger partial charge in [-0.3, -0.25) is 19.5 Å². The first-order chi connectivity index (χ1) is 11.5. The van der Waals surface area contributed by atoms with E-state index in [1.54, 1.807) is 0 Å². The van der Waals surface area contributed by atoms with Gasteiger partial charge in [-0.1, -0.05) is 12.1 Å². The summed E-state index contributed by atoms with van der Waals surface area (Å²) in [6.07, 6.45) is 1.30. The van der Waals surface area contributed by atoms with Crippen molar-refractivity contribution >= 4 is 22.1 Å². The molecule has 1 fully saturated rings. The van der Waals surface area contributed by atoms with Crippen LogP contribution < -0.4 is 11.1 Å². The third-order valence-corrected chi connectivity index (χ3v) is 5.33. The Morgan fingerprint density at radius 1 is 1.28 bits per heavy atom. The van der Waals surface area contributed by atoms with Crippen LogP contribution in [0.1, 0.15) is 24.8 Å². The van der Waals surface area contributed by atoms with Crippen LogP contribution in [0.2, 0.25) is 0 Å². The molecule has 0 saturated heterocycles. The smallest absolute Gasteiger partial charge is 0.325 e. The largest absolute Gasteiger partial charge is 0.480 e. The second kappa shape index (κ2) is 7.08. The molecule has 3 atom stereocenters. The molecule has 3 unspecified atom stereocenters. The molecule has 0 amide bonds. The van der Waals surface area contributed by atoms with Crippen molar-refractivity contribution in [1.82, 2.24) is 5.32 Å². The molecule has 6 N–H and O–H groups in total. The molecule has 1 aliphatic rings. The molecule has 9 nitrogen and oxygen atoms in total. The lowest BCUT2D eigenvalue weighted by Gasteiger charge is -2.30. The maximum absolute atomic E-state index is 11.5. The molecule has 1 saturated carbocycles. The van der Waals surface area contributed by atoms with Crippen LogP contribution in [0.5, 0.6) is 0 Å². The van der Waals surface area contributed by atoms with Crippen molar-refractivity contribution in [2.75, 3.05) is 0 Å². The van der Waals surface area contributed by atoms with Crippen molar-refractivity contribution < 1.29 is 32.8 Å². The molecule has 2 rings (SSSR count). The molecule has 1 aliphatic carbocycles. The zero-order valence-corrected chi connectivity index (χ0v) is 14.1. The summed E-state index contributed by atoms with van der Waals surface area (Å²) in [5.41, 5.74) is 4.91. The lowest BCUT2D eigenvalue weighted by Crippen LogP contribution is -2.62. The molecular weight excluding hydrogens is 352 g/mol. The van der Waals surface area contributed by atoms with Crippen LogP contribution in [0.4, 0.5) is 0 Å². The highest BCUT2D eigenvalue weighted by atomic mass is 32.2. The number of hydrogen-bond acceptors (Lipinski definition) is 6. The number of benzene rings is 1. The average molecular weight is 372 g/mol. The first kappa shape index (κ1) is 19.3. The van der Waals surface area contributed by atoms with Crippen LogP contribution in [0.15, 0.2) is 29.2 Å². The van der Waals surface area contributed by atoms with Gasteiger partial charge < -0.3 is 15.9 Å². The van der Waals surface area contributed by atoms with Gasteiger partial charge in [-0.25, -0.2) is 0 Å². The fourth-order valence-electron chi connectivity index (χ4n) is 3.01. The minimum absolute atomic E-state index is 0.00723. The number of rotatable bonds is 7. The number of carboxylic acids is 2. The van der Waals surface area contributed by atoms with E-state index in [1.807, 2.05) is 0 Å². The molecule has 1 aromatic carbocycles. The molecule has 138 valence electrons. The topological polar surface area (TPSA) is 167 Å². The van der Waals surface area contributed by atoms with Gasteiger partial charge in [0.25, 0.3) is 10.1 Å². The zero-order chi connectivity index (χ0) is 18.8. The van der Waals surface area contributed by atoms with Gasteiger partial charge in [0, 0.05) is 6.04 Å². The minimum Gasteiger partial charge on any atom is -0.480 e. The molecule has 0 radical (unpaired) electrons. The Morgan fingerprint density at radius 3 is 2.36 bits per heavy atom. The Kier molecular flexibility index (Phi) is 5.47. The normalized spacial score (nSPS) is 24.8. The average Bonchev–Trinajstić information content (AvgIpc) is 2.88. The van der Waals surface area contributed by atoms with E-state index >= 15 is 0 Å². The summed E-state index contributed by atoms with van der Waals surface area (Å²) >= 11 is 0. The highest BCUT2D eigenvalue weighted by Crippen LogP contribution is 2.29. The number of aliphatic carboxylic acids is 2. The summed E-state index contributed by atoms with van der Waals surface area (Å²) < 4.78 is 31.0. The van der Waals surface area contributed by atoms with Crippen molar-refractivity contribution in [3.63, 3.8) is 0 Å². The van der Waals surface area contributed by atoms with E-state index in [1.165, 1.54) is 24.3 Å². The van der Waals surface area contributed by atoms with Crippen LogP contribution >= 0.6 is 0 Å². The van der Waals surface area contributed by atoms with E-state index in [4.69, 9.17) is 10.3 Å². The predicted octanol–water partition coefficient (Wildman–Crippen LogP) is -0.147. The quantitative estimate of drug-likeness (QED) is 0.409. The maximum Gasteiger partial charge on any atom is 0.325 e. The van der Waals surface area contributed by atoms with Crippen LogP contribution in [0.25, 0.3) is 0 Å². The van der Waals surface area contributed by atoms with Gasteiger partial charge in [0.2, 0.25) is 0 Å². The maximum atomic E-state index is 11.5. The second-order valence-electron chi connectivity index (χ2n) is 6.17. The Labute approximate surface area is 144 Å². The van der Waals surface area contributed by atoms with Crippen LogP contribution in [0.3, 0.4) is 0 Å². The van der Waals surface area contributed by atoms with Gasteiger partial charge in [0.15, 0.2) is 0 Å². The Hall–Kier alpha value is -2.01. The summed E-state index contributed by atoms with van der Waals surface area (Å²) in [4.78, 5) is 22.6. The standard InChI is InChI=1S/C15H20N2O7S/c16-15(14(20)21)7-1-2-12(15)17-11(13(18)19)8-9-3-5-10(6-4-9)25(22,23)24/h3-6,11-12,17H,1-2,7-8,16H2,(H,18,19)(H,20,21)(H,22,23,24). The fourth-order valence-corrected chi connectivity index (χ4v) is 3.49. The Balaban J connectivity index is 2.14. The monoisotopic (exact) mass is 372 g/mol. The van der Waals surface area contributed by atoms with Gasteiger partial charge in [0.05, 0.1) is 4.90 Å².